The molecule has 1 N–H and O–H groups in total. The lowest BCUT2D eigenvalue weighted by Gasteiger charge is -2.27. The molecule has 0 spiro atoms. The molecule has 2 atom stereocenters. The van der Waals surface area contributed by atoms with Gasteiger partial charge in [-0.1, -0.05) is 6.07 Å². The van der Waals surface area contributed by atoms with E-state index in [1.165, 1.54) is 5.56 Å². The summed E-state index contributed by atoms with van der Waals surface area (Å²) < 4.78 is 7.83. The second kappa shape index (κ2) is 8.25. The zero-order valence-corrected chi connectivity index (χ0v) is 17.8. The molecule has 1 fully saturated rings. The van der Waals surface area contributed by atoms with Crippen LogP contribution < -0.4 is 15.0 Å². The van der Waals surface area contributed by atoms with Gasteiger partial charge in [-0.3, -0.25) is 4.98 Å². The van der Waals surface area contributed by atoms with Gasteiger partial charge in [-0.25, -0.2) is 0 Å². The van der Waals surface area contributed by atoms with Crippen LogP contribution in [0.4, 0.5) is 5.69 Å². The van der Waals surface area contributed by atoms with Gasteiger partial charge in [-0.15, -0.1) is 0 Å². The van der Waals surface area contributed by atoms with Crippen molar-refractivity contribution in [3.63, 3.8) is 0 Å². The second-order valence-corrected chi connectivity index (χ2v) is 7.80. The van der Waals surface area contributed by atoms with Crippen molar-refractivity contribution in [3.05, 3.63) is 78.4 Å². The molecule has 4 rings (SSSR count). The van der Waals surface area contributed by atoms with Crippen LogP contribution in [0.15, 0.2) is 67.1 Å². The zero-order chi connectivity index (χ0) is 20.4. The first-order valence-corrected chi connectivity index (χ1v) is 10.4. The third-order valence-electron chi connectivity index (χ3n) is 5.20. The van der Waals surface area contributed by atoms with Crippen LogP contribution in [-0.2, 0) is 0 Å². The summed E-state index contributed by atoms with van der Waals surface area (Å²) in [6, 6.07) is 16.7. The lowest BCUT2D eigenvalue weighted by atomic mass is 9.98. The van der Waals surface area contributed by atoms with Crippen molar-refractivity contribution < 1.29 is 4.74 Å². The third kappa shape index (κ3) is 3.85. The summed E-state index contributed by atoms with van der Waals surface area (Å²) in [6.45, 7) is 7.00. The molecule has 1 aliphatic heterocycles. The smallest absolute Gasteiger partial charge is 0.174 e. The van der Waals surface area contributed by atoms with E-state index in [0.29, 0.717) is 17.8 Å². The number of thiocarbonyl (C=S) groups is 1. The van der Waals surface area contributed by atoms with Gasteiger partial charge in [0.05, 0.1) is 24.4 Å². The normalized spacial score (nSPS) is 18.9. The highest BCUT2D eigenvalue weighted by Crippen LogP contribution is 2.42. The molecule has 5 nitrogen and oxygen atoms in total. The number of ether oxygens (including phenoxy) is 1. The Morgan fingerprint density at radius 1 is 1.14 bits per heavy atom. The molecule has 1 saturated heterocycles. The summed E-state index contributed by atoms with van der Waals surface area (Å²) in [5.74, 6) is 0.859. The minimum Gasteiger partial charge on any atom is -0.494 e. The van der Waals surface area contributed by atoms with Crippen LogP contribution in [0, 0.1) is 0 Å². The lowest BCUT2D eigenvalue weighted by molar-refractivity contribution is 0.340. The summed E-state index contributed by atoms with van der Waals surface area (Å²) in [6.07, 6.45) is 6.17. The van der Waals surface area contributed by atoms with E-state index in [4.69, 9.17) is 17.0 Å². The van der Waals surface area contributed by atoms with Gasteiger partial charge in [0.1, 0.15) is 5.75 Å². The molecule has 1 aliphatic rings. The molecule has 29 heavy (non-hydrogen) atoms. The third-order valence-corrected chi connectivity index (χ3v) is 5.51. The molecule has 150 valence electrons. The average molecular weight is 407 g/mol. The Hall–Kier alpha value is -2.86. The van der Waals surface area contributed by atoms with Gasteiger partial charge in [0.2, 0.25) is 0 Å². The number of hydrogen-bond donors (Lipinski definition) is 1. The maximum absolute atomic E-state index is 5.77. The van der Waals surface area contributed by atoms with Crippen LogP contribution in [0.1, 0.15) is 50.2 Å². The lowest BCUT2D eigenvalue weighted by Crippen LogP contribution is -2.29. The predicted molar refractivity (Wildman–Crippen MR) is 120 cm³/mol. The largest absolute Gasteiger partial charge is 0.494 e. The highest BCUT2D eigenvalue weighted by Gasteiger charge is 2.41. The minimum atomic E-state index is -0.0294. The Morgan fingerprint density at radius 3 is 2.55 bits per heavy atom. The van der Waals surface area contributed by atoms with E-state index < -0.39 is 0 Å². The maximum Gasteiger partial charge on any atom is 0.174 e. The highest BCUT2D eigenvalue weighted by molar-refractivity contribution is 7.80. The Balaban J connectivity index is 1.76. The first kappa shape index (κ1) is 19.5. The number of nitrogens with zero attached hydrogens (tertiary/aromatic N) is 3. The fourth-order valence-corrected chi connectivity index (χ4v) is 4.11. The summed E-state index contributed by atoms with van der Waals surface area (Å²) in [5, 5.41) is 4.20. The Kier molecular flexibility index (Phi) is 5.53. The molecule has 0 amide bonds. The molecule has 2 aromatic heterocycles. The van der Waals surface area contributed by atoms with Crippen molar-refractivity contribution in [2.24, 2.45) is 0 Å². The highest BCUT2D eigenvalue weighted by atomic mass is 32.1. The summed E-state index contributed by atoms with van der Waals surface area (Å²) in [7, 11) is 0. The molecule has 0 saturated carbocycles. The summed E-state index contributed by atoms with van der Waals surface area (Å²) in [4.78, 5) is 6.79. The van der Waals surface area contributed by atoms with E-state index in [0.717, 1.165) is 17.1 Å². The SMILES string of the molecule is CCOc1ccc(N2C(=S)NC(c3ccccn3)C2c2ccn(C(C)C)c2)cc1. The molecule has 1 aromatic carbocycles. The van der Waals surface area contributed by atoms with E-state index >= 15 is 0 Å². The van der Waals surface area contributed by atoms with E-state index in [-0.39, 0.29) is 12.1 Å². The van der Waals surface area contributed by atoms with Gasteiger partial charge in [-0.2, -0.15) is 0 Å². The molecule has 6 heteroatoms. The van der Waals surface area contributed by atoms with Crippen molar-refractivity contribution in [2.75, 3.05) is 11.5 Å². The van der Waals surface area contributed by atoms with Crippen molar-refractivity contribution in [3.8, 4) is 5.75 Å². The number of rotatable bonds is 6. The summed E-state index contributed by atoms with van der Waals surface area (Å²) >= 11 is 5.77. The molecule has 3 heterocycles. The van der Waals surface area contributed by atoms with Crippen LogP contribution in [0.3, 0.4) is 0 Å². The Labute approximate surface area is 177 Å². The fraction of sp³-hybridized carbons (Fsp3) is 0.304. The van der Waals surface area contributed by atoms with Crippen LogP contribution in [0.2, 0.25) is 0 Å². The standard InChI is InChI=1S/C23H26N4OS/c1-4-28-19-10-8-18(9-11-19)27-22(17-12-14-26(15-17)16(2)3)21(25-23(27)29)20-7-5-6-13-24-20/h5-16,21-22H,4H2,1-3H3,(H,25,29). The van der Waals surface area contributed by atoms with Crippen LogP contribution in [0.25, 0.3) is 0 Å². The van der Waals surface area contributed by atoms with E-state index in [2.05, 4.69) is 70.3 Å². The number of hydrogen-bond acceptors (Lipinski definition) is 3. The number of aromatic nitrogens is 2. The van der Waals surface area contributed by atoms with Gasteiger partial charge in [-0.05, 0) is 81.0 Å². The minimum absolute atomic E-state index is 0.00958. The molecule has 0 radical (unpaired) electrons. The number of pyridine rings is 1. The second-order valence-electron chi connectivity index (χ2n) is 7.41. The van der Waals surface area contributed by atoms with Gasteiger partial charge in [0.25, 0.3) is 0 Å². The first-order chi connectivity index (χ1) is 14.1. The first-order valence-electron chi connectivity index (χ1n) is 9.99. The van der Waals surface area contributed by atoms with Gasteiger partial charge >= 0.3 is 0 Å². The topological polar surface area (TPSA) is 42.3 Å². The van der Waals surface area contributed by atoms with Gasteiger partial charge < -0.3 is 19.5 Å². The number of benzene rings is 1. The number of anilines is 1. The van der Waals surface area contributed by atoms with E-state index in [1.54, 1.807) is 0 Å². The van der Waals surface area contributed by atoms with E-state index in [9.17, 15) is 0 Å². The molecular formula is C23H26N4OS. The van der Waals surface area contributed by atoms with Crippen LogP contribution in [0.5, 0.6) is 5.75 Å². The van der Waals surface area contributed by atoms with Crippen molar-refractivity contribution >= 4 is 23.0 Å². The van der Waals surface area contributed by atoms with Crippen molar-refractivity contribution in [1.82, 2.24) is 14.9 Å². The predicted octanol–water partition coefficient (Wildman–Crippen LogP) is 5.04. The van der Waals surface area contributed by atoms with Gasteiger partial charge in [0, 0.05) is 30.3 Å². The average Bonchev–Trinajstić information content (AvgIpc) is 3.34. The van der Waals surface area contributed by atoms with E-state index in [1.807, 2.05) is 37.4 Å². The summed E-state index contributed by atoms with van der Waals surface area (Å²) in [5.41, 5.74) is 3.22. The molecule has 2 unspecified atom stereocenters. The molecule has 3 aromatic rings. The quantitative estimate of drug-likeness (QED) is 0.581. The van der Waals surface area contributed by atoms with Crippen molar-refractivity contribution in [2.45, 2.75) is 38.9 Å². The molecule has 0 aliphatic carbocycles. The monoisotopic (exact) mass is 406 g/mol. The maximum atomic E-state index is 5.77. The number of nitrogens with one attached hydrogen (secondary N) is 1. The zero-order valence-electron chi connectivity index (χ0n) is 16.9. The van der Waals surface area contributed by atoms with Crippen LogP contribution >= 0.6 is 12.2 Å². The van der Waals surface area contributed by atoms with Crippen molar-refractivity contribution in [1.29, 1.82) is 0 Å². The molecular weight excluding hydrogens is 380 g/mol. The Morgan fingerprint density at radius 2 is 1.93 bits per heavy atom. The van der Waals surface area contributed by atoms with Crippen LogP contribution in [-0.4, -0.2) is 21.3 Å². The Bertz CT molecular complexity index is 968. The molecule has 0 bridgehead atoms. The fourth-order valence-electron chi connectivity index (χ4n) is 3.77. The van der Waals surface area contributed by atoms with Gasteiger partial charge in [0.15, 0.2) is 5.11 Å².